The zero-order valence-electron chi connectivity index (χ0n) is 16.1. The van der Waals surface area contributed by atoms with Crippen LogP contribution in [0.2, 0.25) is 0 Å². The number of nitrogens with zero attached hydrogens (tertiary/aromatic N) is 5. The average Bonchev–Trinajstić information content (AvgIpc) is 3.21. The number of benzene rings is 1. The summed E-state index contributed by atoms with van der Waals surface area (Å²) in [5, 5.41) is 4.19. The highest BCUT2D eigenvalue weighted by Gasteiger charge is 2.27. The van der Waals surface area contributed by atoms with Crippen LogP contribution in [0.1, 0.15) is 29.0 Å². The van der Waals surface area contributed by atoms with Gasteiger partial charge >= 0.3 is 0 Å². The lowest BCUT2D eigenvalue weighted by atomic mass is 9.96. The lowest BCUT2D eigenvalue weighted by molar-refractivity contribution is 0.0679. The fourth-order valence-corrected chi connectivity index (χ4v) is 3.94. The molecule has 142 valence electrons. The molecule has 0 saturated carbocycles. The molecule has 0 spiro atoms. The molecule has 0 radical (unpaired) electrons. The minimum atomic E-state index is 0.00246. The third kappa shape index (κ3) is 3.29. The van der Waals surface area contributed by atoms with Gasteiger partial charge in [-0.25, -0.2) is 4.98 Å². The van der Waals surface area contributed by atoms with Crippen LogP contribution in [-0.2, 0) is 13.6 Å². The van der Waals surface area contributed by atoms with Crippen LogP contribution < -0.4 is 4.74 Å². The van der Waals surface area contributed by atoms with E-state index in [9.17, 15) is 4.79 Å². The standard InChI is InChI=1S/C20H25N5O2/c1-14-21-17-6-4-5-7-18(17)25(14)12-15-8-10-24(11-9-15)20(26)16-13-23(2)22-19(16)27-3/h4-7,13,15H,8-12H2,1-3H3. The first-order valence-electron chi connectivity index (χ1n) is 9.35. The lowest BCUT2D eigenvalue weighted by Gasteiger charge is -2.32. The first-order chi connectivity index (χ1) is 13.1. The van der Waals surface area contributed by atoms with E-state index in [-0.39, 0.29) is 5.91 Å². The third-order valence-electron chi connectivity index (χ3n) is 5.41. The predicted octanol–water partition coefficient (Wildman–Crippen LogP) is 2.64. The molecule has 3 heterocycles. The number of amides is 1. The highest BCUT2D eigenvalue weighted by molar-refractivity contribution is 5.96. The Morgan fingerprint density at radius 3 is 2.74 bits per heavy atom. The molecule has 0 unspecified atom stereocenters. The number of hydrogen-bond donors (Lipinski definition) is 0. The second-order valence-electron chi connectivity index (χ2n) is 7.22. The number of imidazole rings is 1. The summed E-state index contributed by atoms with van der Waals surface area (Å²) in [6.07, 6.45) is 3.70. The lowest BCUT2D eigenvalue weighted by Crippen LogP contribution is -2.39. The second kappa shape index (κ2) is 7.06. The maximum atomic E-state index is 12.8. The van der Waals surface area contributed by atoms with Gasteiger partial charge in [0.05, 0.1) is 18.1 Å². The minimum Gasteiger partial charge on any atom is -0.479 e. The molecule has 0 aliphatic carbocycles. The van der Waals surface area contributed by atoms with Crippen LogP contribution in [0.3, 0.4) is 0 Å². The van der Waals surface area contributed by atoms with Gasteiger partial charge < -0.3 is 14.2 Å². The second-order valence-corrected chi connectivity index (χ2v) is 7.22. The summed E-state index contributed by atoms with van der Waals surface area (Å²) in [5.41, 5.74) is 2.77. The summed E-state index contributed by atoms with van der Waals surface area (Å²) in [4.78, 5) is 19.4. The molecular weight excluding hydrogens is 342 g/mol. The summed E-state index contributed by atoms with van der Waals surface area (Å²) in [7, 11) is 3.34. The molecule has 4 rings (SSSR count). The molecule has 3 aromatic rings. The number of ether oxygens (including phenoxy) is 1. The highest BCUT2D eigenvalue weighted by atomic mass is 16.5. The topological polar surface area (TPSA) is 65.2 Å². The Hall–Kier alpha value is -2.83. The van der Waals surface area contributed by atoms with Crippen molar-refractivity contribution in [2.75, 3.05) is 20.2 Å². The number of methoxy groups -OCH3 is 1. The molecule has 0 atom stereocenters. The minimum absolute atomic E-state index is 0.00246. The number of aromatic nitrogens is 4. The van der Waals surface area contributed by atoms with E-state index >= 15 is 0 Å². The summed E-state index contributed by atoms with van der Waals surface area (Å²) in [5.74, 6) is 1.99. The molecule has 1 amide bonds. The number of rotatable bonds is 4. The van der Waals surface area contributed by atoms with Gasteiger partial charge in [0.2, 0.25) is 5.88 Å². The Bertz CT molecular complexity index is 966. The van der Waals surface area contributed by atoms with Crippen molar-refractivity contribution in [1.82, 2.24) is 24.2 Å². The van der Waals surface area contributed by atoms with Gasteiger partial charge in [0.25, 0.3) is 5.91 Å². The Kier molecular flexibility index (Phi) is 4.59. The number of likely N-dealkylation sites (tertiary alicyclic amines) is 1. The molecule has 1 saturated heterocycles. The molecule has 7 nitrogen and oxygen atoms in total. The molecule has 1 aliphatic heterocycles. The maximum absolute atomic E-state index is 12.8. The Balaban J connectivity index is 1.43. The Morgan fingerprint density at radius 1 is 1.26 bits per heavy atom. The first-order valence-corrected chi connectivity index (χ1v) is 9.35. The molecule has 27 heavy (non-hydrogen) atoms. The number of hydrogen-bond acceptors (Lipinski definition) is 4. The summed E-state index contributed by atoms with van der Waals surface area (Å²) >= 11 is 0. The largest absolute Gasteiger partial charge is 0.479 e. The Labute approximate surface area is 158 Å². The fraction of sp³-hybridized carbons (Fsp3) is 0.450. The number of para-hydroxylation sites is 2. The van der Waals surface area contributed by atoms with E-state index in [0.29, 0.717) is 17.4 Å². The van der Waals surface area contributed by atoms with E-state index in [1.807, 2.05) is 11.0 Å². The van der Waals surface area contributed by atoms with Crippen molar-refractivity contribution in [2.24, 2.45) is 13.0 Å². The van der Waals surface area contributed by atoms with Gasteiger partial charge in [-0.2, -0.15) is 0 Å². The van der Waals surface area contributed by atoms with Crippen molar-refractivity contribution in [3.8, 4) is 5.88 Å². The van der Waals surface area contributed by atoms with E-state index < -0.39 is 0 Å². The van der Waals surface area contributed by atoms with E-state index in [1.165, 1.54) is 5.52 Å². The number of fused-ring (bicyclic) bond motifs is 1. The Morgan fingerprint density at radius 2 is 2.00 bits per heavy atom. The normalized spacial score (nSPS) is 15.4. The molecule has 7 heteroatoms. The van der Waals surface area contributed by atoms with E-state index in [2.05, 4.69) is 39.8 Å². The van der Waals surface area contributed by atoms with E-state index in [1.54, 1.807) is 25.0 Å². The summed E-state index contributed by atoms with van der Waals surface area (Å²) in [6, 6.07) is 8.27. The number of carbonyl (C=O) groups excluding carboxylic acids is 1. The third-order valence-corrected chi connectivity index (χ3v) is 5.41. The van der Waals surface area contributed by atoms with Crippen molar-refractivity contribution in [3.63, 3.8) is 0 Å². The quantitative estimate of drug-likeness (QED) is 0.711. The van der Waals surface area contributed by atoms with Crippen LogP contribution in [-0.4, -0.2) is 50.3 Å². The number of piperidine rings is 1. The van der Waals surface area contributed by atoms with Crippen LogP contribution in [0.25, 0.3) is 11.0 Å². The summed E-state index contributed by atoms with van der Waals surface area (Å²) in [6.45, 7) is 4.53. The number of aryl methyl sites for hydroxylation is 2. The molecule has 2 aromatic heterocycles. The van der Waals surface area contributed by atoms with Crippen LogP contribution in [0.5, 0.6) is 5.88 Å². The van der Waals surface area contributed by atoms with Crippen LogP contribution in [0.15, 0.2) is 30.5 Å². The van der Waals surface area contributed by atoms with Crippen molar-refractivity contribution in [3.05, 3.63) is 41.9 Å². The van der Waals surface area contributed by atoms with Crippen LogP contribution in [0.4, 0.5) is 0 Å². The zero-order chi connectivity index (χ0) is 19.0. The zero-order valence-corrected chi connectivity index (χ0v) is 16.1. The molecule has 1 fully saturated rings. The van der Waals surface area contributed by atoms with Crippen molar-refractivity contribution < 1.29 is 9.53 Å². The maximum Gasteiger partial charge on any atom is 0.260 e. The SMILES string of the molecule is COc1nn(C)cc1C(=O)N1CCC(Cn2c(C)nc3ccccc32)CC1. The predicted molar refractivity (Wildman–Crippen MR) is 103 cm³/mol. The van der Waals surface area contributed by atoms with Gasteiger partial charge in [-0.05, 0) is 37.8 Å². The van der Waals surface area contributed by atoms with Crippen LogP contribution >= 0.6 is 0 Å². The van der Waals surface area contributed by atoms with Gasteiger partial charge in [-0.15, -0.1) is 5.10 Å². The van der Waals surface area contributed by atoms with Crippen molar-refractivity contribution in [2.45, 2.75) is 26.3 Å². The molecule has 1 aromatic carbocycles. The summed E-state index contributed by atoms with van der Waals surface area (Å²) < 4.78 is 9.16. The van der Waals surface area contributed by atoms with Gasteiger partial charge in [-0.3, -0.25) is 9.48 Å². The van der Waals surface area contributed by atoms with Crippen molar-refractivity contribution in [1.29, 1.82) is 0 Å². The smallest absolute Gasteiger partial charge is 0.260 e. The fourth-order valence-electron chi connectivity index (χ4n) is 3.94. The van der Waals surface area contributed by atoms with Gasteiger partial charge in [0.1, 0.15) is 11.4 Å². The first kappa shape index (κ1) is 17.6. The monoisotopic (exact) mass is 367 g/mol. The molecular formula is C20H25N5O2. The van der Waals surface area contributed by atoms with Gasteiger partial charge in [0.15, 0.2) is 0 Å². The number of carbonyl (C=O) groups is 1. The van der Waals surface area contributed by atoms with Crippen molar-refractivity contribution >= 4 is 16.9 Å². The van der Waals surface area contributed by atoms with E-state index in [4.69, 9.17) is 4.74 Å². The molecule has 1 aliphatic rings. The average molecular weight is 367 g/mol. The highest BCUT2D eigenvalue weighted by Crippen LogP contribution is 2.25. The van der Waals surface area contributed by atoms with Gasteiger partial charge in [-0.1, -0.05) is 12.1 Å². The molecule has 0 bridgehead atoms. The van der Waals surface area contributed by atoms with Gasteiger partial charge in [0, 0.05) is 32.9 Å². The van der Waals surface area contributed by atoms with E-state index in [0.717, 1.165) is 43.8 Å². The molecule has 0 N–H and O–H groups in total. The van der Waals surface area contributed by atoms with Crippen LogP contribution in [0, 0.1) is 12.8 Å².